The van der Waals surface area contributed by atoms with Crippen molar-refractivity contribution in [1.82, 2.24) is 5.32 Å². The van der Waals surface area contributed by atoms with E-state index in [1.807, 2.05) is 13.8 Å². The fourth-order valence-corrected chi connectivity index (χ4v) is 1.21. The molecule has 1 rings (SSSR count). The number of rotatable bonds is 4. The van der Waals surface area contributed by atoms with Gasteiger partial charge in [0.2, 0.25) is 0 Å². The number of aromatic hydroxyl groups is 1. The van der Waals surface area contributed by atoms with E-state index in [-0.39, 0.29) is 18.3 Å². The Morgan fingerprint density at radius 3 is 2.80 bits per heavy atom. The summed E-state index contributed by atoms with van der Waals surface area (Å²) < 4.78 is 5.21. The monoisotopic (exact) mass is 209 g/mol. The molecule has 0 saturated carbocycles. The highest BCUT2D eigenvalue weighted by molar-refractivity contribution is 5.77. The van der Waals surface area contributed by atoms with E-state index in [1.165, 1.54) is 6.07 Å². The van der Waals surface area contributed by atoms with Crippen LogP contribution in [0.15, 0.2) is 18.2 Å². The summed E-state index contributed by atoms with van der Waals surface area (Å²) in [6, 6.07) is 4.87. The lowest BCUT2D eigenvalue weighted by atomic mass is 10.2. The molecule has 0 aromatic heterocycles. The molecule has 4 nitrogen and oxygen atoms in total. The van der Waals surface area contributed by atoms with Crippen molar-refractivity contribution in [3.8, 4) is 11.5 Å². The Kier molecular flexibility index (Phi) is 3.97. The molecule has 15 heavy (non-hydrogen) atoms. The van der Waals surface area contributed by atoms with E-state index in [9.17, 15) is 9.90 Å². The molecule has 0 heterocycles. The number of carbonyl (C=O) groups is 1. The van der Waals surface area contributed by atoms with E-state index in [0.29, 0.717) is 12.3 Å². The minimum Gasteiger partial charge on any atom is -0.508 e. The molecular weight excluding hydrogens is 194 g/mol. The van der Waals surface area contributed by atoms with Gasteiger partial charge in [-0.15, -0.1) is 0 Å². The number of aryl methyl sites for hydroxylation is 1. The Bertz CT molecular complexity index is 329. The molecule has 0 aliphatic carbocycles. The van der Waals surface area contributed by atoms with Gasteiger partial charge in [0, 0.05) is 12.6 Å². The van der Waals surface area contributed by atoms with Crippen molar-refractivity contribution >= 4 is 5.91 Å². The first-order valence-corrected chi connectivity index (χ1v) is 4.82. The van der Waals surface area contributed by atoms with Gasteiger partial charge in [0.05, 0.1) is 0 Å². The second-order valence-electron chi connectivity index (χ2n) is 3.25. The molecular formula is C11H15NO3. The highest BCUT2D eigenvalue weighted by Gasteiger charge is 2.02. The van der Waals surface area contributed by atoms with E-state index in [1.54, 1.807) is 12.1 Å². The Morgan fingerprint density at radius 1 is 1.47 bits per heavy atom. The molecule has 0 atom stereocenters. The summed E-state index contributed by atoms with van der Waals surface area (Å²) in [7, 11) is 0. The third-order valence-electron chi connectivity index (χ3n) is 1.78. The lowest BCUT2D eigenvalue weighted by Crippen LogP contribution is -2.28. The van der Waals surface area contributed by atoms with Gasteiger partial charge in [0.15, 0.2) is 6.61 Å². The average Bonchev–Trinajstić information content (AvgIpc) is 2.14. The number of ether oxygens (including phenoxy) is 1. The van der Waals surface area contributed by atoms with Crippen LogP contribution in [0, 0.1) is 6.92 Å². The quantitative estimate of drug-likeness (QED) is 0.783. The largest absolute Gasteiger partial charge is 0.508 e. The fourth-order valence-electron chi connectivity index (χ4n) is 1.21. The van der Waals surface area contributed by atoms with Gasteiger partial charge in [-0.2, -0.15) is 0 Å². The van der Waals surface area contributed by atoms with Gasteiger partial charge >= 0.3 is 0 Å². The normalized spacial score (nSPS) is 9.73. The summed E-state index contributed by atoms with van der Waals surface area (Å²) in [4.78, 5) is 11.1. The molecule has 2 N–H and O–H groups in total. The molecule has 0 aliphatic heterocycles. The second-order valence-corrected chi connectivity index (χ2v) is 3.25. The Balaban J connectivity index is 2.54. The standard InChI is InChI=1S/C11H15NO3/c1-3-12-11(14)7-15-10-5-8(2)4-9(13)6-10/h4-6,13H,3,7H2,1-2H3,(H,12,14). The van der Waals surface area contributed by atoms with Crippen molar-refractivity contribution < 1.29 is 14.6 Å². The maximum absolute atomic E-state index is 11.1. The van der Waals surface area contributed by atoms with Crippen LogP contribution in [0.25, 0.3) is 0 Å². The second kappa shape index (κ2) is 5.24. The van der Waals surface area contributed by atoms with Gasteiger partial charge in [-0.05, 0) is 31.5 Å². The number of hydrogen-bond donors (Lipinski definition) is 2. The predicted molar refractivity (Wildman–Crippen MR) is 57.0 cm³/mol. The van der Waals surface area contributed by atoms with E-state index in [4.69, 9.17) is 4.74 Å². The highest BCUT2D eigenvalue weighted by Crippen LogP contribution is 2.20. The van der Waals surface area contributed by atoms with Crippen molar-refractivity contribution in [3.05, 3.63) is 23.8 Å². The molecule has 0 radical (unpaired) electrons. The van der Waals surface area contributed by atoms with E-state index in [2.05, 4.69) is 5.32 Å². The molecule has 0 saturated heterocycles. The van der Waals surface area contributed by atoms with Crippen molar-refractivity contribution in [2.24, 2.45) is 0 Å². The zero-order valence-corrected chi connectivity index (χ0v) is 8.91. The molecule has 0 bridgehead atoms. The molecule has 0 unspecified atom stereocenters. The molecule has 0 aliphatic rings. The smallest absolute Gasteiger partial charge is 0.257 e. The van der Waals surface area contributed by atoms with Crippen LogP contribution in [0.3, 0.4) is 0 Å². The van der Waals surface area contributed by atoms with Gasteiger partial charge in [-0.1, -0.05) is 0 Å². The first-order valence-electron chi connectivity index (χ1n) is 4.82. The van der Waals surface area contributed by atoms with E-state index >= 15 is 0 Å². The number of phenols is 1. The molecule has 1 amide bonds. The molecule has 0 fully saturated rings. The highest BCUT2D eigenvalue weighted by atomic mass is 16.5. The van der Waals surface area contributed by atoms with E-state index < -0.39 is 0 Å². The van der Waals surface area contributed by atoms with Crippen LogP contribution >= 0.6 is 0 Å². The van der Waals surface area contributed by atoms with Crippen LogP contribution in [-0.4, -0.2) is 24.2 Å². The van der Waals surface area contributed by atoms with Crippen LogP contribution in [0.5, 0.6) is 11.5 Å². The maximum atomic E-state index is 11.1. The molecule has 82 valence electrons. The molecule has 1 aromatic carbocycles. The summed E-state index contributed by atoms with van der Waals surface area (Å²) in [5, 5.41) is 11.9. The Morgan fingerprint density at radius 2 is 2.20 bits per heavy atom. The van der Waals surface area contributed by atoms with Crippen molar-refractivity contribution in [3.63, 3.8) is 0 Å². The average molecular weight is 209 g/mol. The SMILES string of the molecule is CCNC(=O)COc1cc(C)cc(O)c1. The number of carbonyl (C=O) groups excluding carboxylic acids is 1. The fraction of sp³-hybridized carbons (Fsp3) is 0.364. The Labute approximate surface area is 88.9 Å². The van der Waals surface area contributed by atoms with Gasteiger partial charge in [0.1, 0.15) is 11.5 Å². The number of amides is 1. The van der Waals surface area contributed by atoms with Crippen LogP contribution < -0.4 is 10.1 Å². The minimum absolute atomic E-state index is 0.0310. The number of phenolic OH excluding ortho intramolecular Hbond substituents is 1. The van der Waals surface area contributed by atoms with Crippen LogP contribution in [0.2, 0.25) is 0 Å². The molecule has 4 heteroatoms. The van der Waals surface area contributed by atoms with Crippen molar-refractivity contribution in [1.29, 1.82) is 0 Å². The molecule has 0 spiro atoms. The number of hydrogen-bond acceptors (Lipinski definition) is 3. The van der Waals surface area contributed by atoms with E-state index in [0.717, 1.165) is 5.56 Å². The Hall–Kier alpha value is -1.71. The number of benzene rings is 1. The lowest BCUT2D eigenvalue weighted by Gasteiger charge is -2.07. The van der Waals surface area contributed by atoms with Gasteiger partial charge < -0.3 is 15.2 Å². The zero-order chi connectivity index (χ0) is 11.3. The lowest BCUT2D eigenvalue weighted by molar-refractivity contribution is -0.122. The third kappa shape index (κ3) is 3.89. The van der Waals surface area contributed by atoms with Crippen LogP contribution in [0.1, 0.15) is 12.5 Å². The minimum atomic E-state index is -0.168. The first-order chi connectivity index (χ1) is 7.11. The predicted octanol–water partition coefficient (Wildman–Crippen LogP) is 1.22. The summed E-state index contributed by atoms with van der Waals surface area (Å²) in [5.41, 5.74) is 0.890. The topological polar surface area (TPSA) is 58.6 Å². The van der Waals surface area contributed by atoms with Crippen LogP contribution in [0.4, 0.5) is 0 Å². The summed E-state index contributed by atoms with van der Waals surface area (Å²) in [6.07, 6.45) is 0. The summed E-state index contributed by atoms with van der Waals surface area (Å²) in [5.74, 6) is 0.471. The van der Waals surface area contributed by atoms with Crippen molar-refractivity contribution in [2.45, 2.75) is 13.8 Å². The van der Waals surface area contributed by atoms with Crippen molar-refractivity contribution in [2.75, 3.05) is 13.2 Å². The first kappa shape index (κ1) is 11.4. The van der Waals surface area contributed by atoms with Gasteiger partial charge in [-0.3, -0.25) is 4.79 Å². The number of likely N-dealkylation sites (N-methyl/N-ethyl adjacent to an activating group) is 1. The zero-order valence-electron chi connectivity index (χ0n) is 8.91. The summed E-state index contributed by atoms with van der Waals surface area (Å²) in [6.45, 7) is 4.24. The van der Waals surface area contributed by atoms with Gasteiger partial charge in [-0.25, -0.2) is 0 Å². The summed E-state index contributed by atoms with van der Waals surface area (Å²) >= 11 is 0. The van der Waals surface area contributed by atoms with Crippen LogP contribution in [-0.2, 0) is 4.79 Å². The number of nitrogens with one attached hydrogen (secondary N) is 1. The van der Waals surface area contributed by atoms with Gasteiger partial charge in [0.25, 0.3) is 5.91 Å². The molecule has 1 aromatic rings. The maximum Gasteiger partial charge on any atom is 0.257 e. The third-order valence-corrected chi connectivity index (χ3v) is 1.78.